The van der Waals surface area contributed by atoms with Crippen LogP contribution in [0.25, 0.3) is 0 Å². The third-order valence-corrected chi connectivity index (χ3v) is 5.91. The van der Waals surface area contributed by atoms with Gasteiger partial charge in [0.1, 0.15) is 6.04 Å². The quantitative estimate of drug-likeness (QED) is 0.864. The molecule has 2 atom stereocenters. The van der Waals surface area contributed by atoms with Gasteiger partial charge in [0.05, 0.1) is 5.41 Å². The largest absolute Gasteiger partial charge is 0.357 e. The van der Waals surface area contributed by atoms with Gasteiger partial charge in [0.25, 0.3) is 0 Å². The van der Waals surface area contributed by atoms with Crippen molar-refractivity contribution in [2.45, 2.75) is 56.0 Å². The Bertz CT molecular complexity index is 641. The Morgan fingerprint density at radius 1 is 1.20 bits per heavy atom. The van der Waals surface area contributed by atoms with Gasteiger partial charge in [0, 0.05) is 24.7 Å². The number of amides is 2. The van der Waals surface area contributed by atoms with E-state index in [0.29, 0.717) is 18.0 Å². The highest BCUT2D eigenvalue weighted by Crippen LogP contribution is 2.42. The van der Waals surface area contributed by atoms with Crippen LogP contribution >= 0.6 is 11.6 Å². The highest BCUT2D eigenvalue weighted by Gasteiger charge is 2.48. The summed E-state index contributed by atoms with van der Waals surface area (Å²) in [6.07, 6.45) is 5.29. The molecule has 0 bridgehead atoms. The van der Waals surface area contributed by atoms with Crippen molar-refractivity contribution in [3.63, 3.8) is 0 Å². The molecule has 136 valence electrons. The molecule has 1 aliphatic carbocycles. The third-order valence-electron chi connectivity index (χ3n) is 5.66. The van der Waals surface area contributed by atoms with Crippen LogP contribution in [0.4, 0.5) is 0 Å². The maximum atomic E-state index is 13.6. The number of hydrogen-bond acceptors (Lipinski definition) is 3. The molecular formula is C19H26ClN3O2. The molecular weight excluding hydrogens is 338 g/mol. The maximum Gasteiger partial charge on any atom is 0.242 e. The molecule has 6 heteroatoms. The van der Waals surface area contributed by atoms with Crippen molar-refractivity contribution < 1.29 is 9.59 Å². The van der Waals surface area contributed by atoms with E-state index < -0.39 is 11.5 Å². The molecule has 0 aromatic heterocycles. The summed E-state index contributed by atoms with van der Waals surface area (Å²) in [6, 6.07) is 6.96. The first-order chi connectivity index (χ1) is 12.0. The van der Waals surface area contributed by atoms with Crippen molar-refractivity contribution in [1.82, 2.24) is 10.2 Å². The molecule has 3 rings (SSSR count). The van der Waals surface area contributed by atoms with Crippen molar-refractivity contribution >= 4 is 23.4 Å². The SMILES string of the molecule is CNC(=O)[C@@H]1C[C@@H](N)CN1C(=O)C1(c2ccc(Cl)cc2)CCCCC1. The monoisotopic (exact) mass is 363 g/mol. The lowest BCUT2D eigenvalue weighted by Gasteiger charge is -2.40. The Kier molecular flexibility index (Phi) is 5.35. The van der Waals surface area contributed by atoms with Crippen molar-refractivity contribution in [2.75, 3.05) is 13.6 Å². The normalized spacial score (nSPS) is 25.6. The number of likely N-dealkylation sites (tertiary alicyclic amines) is 1. The summed E-state index contributed by atoms with van der Waals surface area (Å²) in [5.74, 6) is -0.0977. The van der Waals surface area contributed by atoms with Crippen molar-refractivity contribution in [2.24, 2.45) is 5.73 Å². The Morgan fingerprint density at radius 2 is 1.84 bits per heavy atom. The molecule has 1 saturated heterocycles. The minimum Gasteiger partial charge on any atom is -0.357 e. The van der Waals surface area contributed by atoms with Crippen LogP contribution in [-0.4, -0.2) is 42.4 Å². The van der Waals surface area contributed by atoms with E-state index in [0.717, 1.165) is 37.7 Å². The molecule has 2 aliphatic rings. The molecule has 0 spiro atoms. The average molecular weight is 364 g/mol. The van der Waals surface area contributed by atoms with E-state index in [-0.39, 0.29) is 17.9 Å². The summed E-state index contributed by atoms with van der Waals surface area (Å²) in [4.78, 5) is 27.6. The van der Waals surface area contributed by atoms with Gasteiger partial charge in [0.2, 0.25) is 11.8 Å². The first kappa shape index (κ1) is 18.2. The minimum atomic E-state index is -0.570. The Labute approximate surface area is 153 Å². The Balaban J connectivity index is 1.97. The lowest BCUT2D eigenvalue weighted by atomic mass is 9.68. The summed E-state index contributed by atoms with van der Waals surface area (Å²) in [5, 5.41) is 3.33. The van der Waals surface area contributed by atoms with E-state index in [4.69, 9.17) is 17.3 Å². The van der Waals surface area contributed by atoms with Gasteiger partial charge in [-0.1, -0.05) is 43.0 Å². The standard InChI is InChI=1S/C19H26ClN3O2/c1-22-17(24)16-11-15(21)12-23(16)18(25)19(9-3-2-4-10-19)13-5-7-14(20)8-6-13/h5-8,15-16H,2-4,9-12,21H2,1H3,(H,22,24)/t15-,16+/m1/s1. The number of benzene rings is 1. The number of rotatable bonds is 3. The van der Waals surface area contributed by atoms with Gasteiger partial charge in [-0.25, -0.2) is 0 Å². The molecule has 1 saturated carbocycles. The number of halogens is 1. The molecule has 1 aliphatic heterocycles. The first-order valence-electron chi connectivity index (χ1n) is 9.02. The highest BCUT2D eigenvalue weighted by molar-refractivity contribution is 6.30. The first-order valence-corrected chi connectivity index (χ1v) is 9.40. The Hall–Kier alpha value is -1.59. The lowest BCUT2D eigenvalue weighted by Crippen LogP contribution is -2.53. The smallest absolute Gasteiger partial charge is 0.242 e. The van der Waals surface area contributed by atoms with Crippen molar-refractivity contribution in [1.29, 1.82) is 0 Å². The lowest BCUT2D eigenvalue weighted by molar-refractivity contribution is -0.144. The zero-order chi connectivity index (χ0) is 18.0. The topological polar surface area (TPSA) is 75.4 Å². The number of carbonyl (C=O) groups is 2. The maximum absolute atomic E-state index is 13.6. The summed E-state index contributed by atoms with van der Waals surface area (Å²) < 4.78 is 0. The highest BCUT2D eigenvalue weighted by atomic mass is 35.5. The number of nitrogens with one attached hydrogen (secondary N) is 1. The average Bonchev–Trinajstić information content (AvgIpc) is 3.03. The minimum absolute atomic E-state index is 0.0380. The second kappa shape index (κ2) is 7.34. The molecule has 0 unspecified atom stereocenters. The van der Waals surface area contributed by atoms with E-state index in [2.05, 4.69) is 5.32 Å². The van der Waals surface area contributed by atoms with E-state index in [1.165, 1.54) is 0 Å². The number of nitrogens with zero attached hydrogens (tertiary/aromatic N) is 1. The van der Waals surface area contributed by atoms with Crippen LogP contribution in [0.2, 0.25) is 5.02 Å². The molecule has 25 heavy (non-hydrogen) atoms. The summed E-state index contributed by atoms with van der Waals surface area (Å²) >= 11 is 6.04. The van der Waals surface area contributed by atoms with Gasteiger partial charge in [-0.05, 0) is 37.0 Å². The van der Waals surface area contributed by atoms with E-state index in [1.54, 1.807) is 11.9 Å². The fourth-order valence-corrected chi connectivity index (χ4v) is 4.46. The number of hydrogen-bond donors (Lipinski definition) is 2. The molecule has 1 heterocycles. The van der Waals surface area contributed by atoms with Crippen LogP contribution in [0.15, 0.2) is 24.3 Å². The van der Waals surface area contributed by atoms with E-state index in [9.17, 15) is 9.59 Å². The van der Waals surface area contributed by atoms with Crippen LogP contribution in [0.3, 0.4) is 0 Å². The summed E-state index contributed by atoms with van der Waals surface area (Å²) in [7, 11) is 1.60. The summed E-state index contributed by atoms with van der Waals surface area (Å²) in [6.45, 7) is 0.437. The zero-order valence-electron chi connectivity index (χ0n) is 14.6. The van der Waals surface area contributed by atoms with Crippen LogP contribution in [0.5, 0.6) is 0 Å². The molecule has 3 N–H and O–H groups in total. The van der Waals surface area contributed by atoms with Crippen molar-refractivity contribution in [3.8, 4) is 0 Å². The van der Waals surface area contributed by atoms with Crippen LogP contribution < -0.4 is 11.1 Å². The van der Waals surface area contributed by atoms with Crippen LogP contribution in [0.1, 0.15) is 44.1 Å². The fourth-order valence-electron chi connectivity index (χ4n) is 4.33. The van der Waals surface area contributed by atoms with Crippen LogP contribution in [-0.2, 0) is 15.0 Å². The van der Waals surface area contributed by atoms with E-state index >= 15 is 0 Å². The summed E-state index contributed by atoms with van der Waals surface area (Å²) in [5.41, 5.74) is 6.51. The number of nitrogens with two attached hydrogens (primary N) is 1. The predicted octanol–water partition coefficient (Wildman–Crippen LogP) is 2.22. The van der Waals surface area contributed by atoms with Gasteiger partial charge >= 0.3 is 0 Å². The Morgan fingerprint density at radius 3 is 2.44 bits per heavy atom. The second-order valence-electron chi connectivity index (χ2n) is 7.23. The molecule has 1 aromatic rings. The van der Waals surface area contributed by atoms with Gasteiger partial charge < -0.3 is 16.0 Å². The van der Waals surface area contributed by atoms with Gasteiger partial charge in [-0.3, -0.25) is 9.59 Å². The third kappa shape index (κ3) is 3.40. The molecule has 2 amide bonds. The van der Waals surface area contributed by atoms with Gasteiger partial charge in [-0.15, -0.1) is 0 Å². The fraction of sp³-hybridized carbons (Fsp3) is 0.579. The number of carbonyl (C=O) groups excluding carboxylic acids is 2. The van der Waals surface area contributed by atoms with Gasteiger partial charge in [-0.2, -0.15) is 0 Å². The van der Waals surface area contributed by atoms with Gasteiger partial charge in [0.15, 0.2) is 0 Å². The zero-order valence-corrected chi connectivity index (χ0v) is 15.4. The number of likely N-dealkylation sites (N-methyl/N-ethyl adjacent to an activating group) is 1. The second-order valence-corrected chi connectivity index (χ2v) is 7.67. The molecule has 2 fully saturated rings. The van der Waals surface area contributed by atoms with Crippen LogP contribution in [0, 0.1) is 0 Å². The molecule has 0 radical (unpaired) electrons. The molecule has 1 aromatic carbocycles. The van der Waals surface area contributed by atoms with E-state index in [1.807, 2.05) is 24.3 Å². The molecule has 5 nitrogen and oxygen atoms in total. The predicted molar refractivity (Wildman–Crippen MR) is 98.4 cm³/mol. The van der Waals surface area contributed by atoms with Crippen molar-refractivity contribution in [3.05, 3.63) is 34.9 Å².